The number of hydrogen-bond donors (Lipinski definition) is 2. The van der Waals surface area contributed by atoms with Gasteiger partial charge < -0.3 is 11.1 Å². The average molecular weight is 272 g/mol. The fraction of sp³-hybridized carbons (Fsp3) is 0.333. The molecule has 106 valence electrons. The van der Waals surface area contributed by atoms with E-state index in [1.165, 1.54) is 0 Å². The van der Waals surface area contributed by atoms with E-state index in [-0.39, 0.29) is 11.9 Å². The van der Waals surface area contributed by atoms with E-state index in [2.05, 4.69) is 10.4 Å². The van der Waals surface area contributed by atoms with Crippen LogP contribution in [0, 0.1) is 0 Å². The Morgan fingerprint density at radius 2 is 2.15 bits per heavy atom. The molecule has 5 heteroatoms. The first-order valence-electron chi connectivity index (χ1n) is 6.76. The van der Waals surface area contributed by atoms with Crippen molar-refractivity contribution in [2.75, 3.05) is 6.54 Å². The lowest BCUT2D eigenvalue weighted by Crippen LogP contribution is -2.35. The molecule has 0 bridgehead atoms. The van der Waals surface area contributed by atoms with E-state index < -0.39 is 0 Å². The molecule has 1 amide bonds. The van der Waals surface area contributed by atoms with Gasteiger partial charge in [-0.25, -0.2) is 0 Å². The highest BCUT2D eigenvalue weighted by atomic mass is 16.1. The van der Waals surface area contributed by atoms with Crippen molar-refractivity contribution >= 4 is 5.91 Å². The highest BCUT2D eigenvalue weighted by Gasteiger charge is 2.10. The highest BCUT2D eigenvalue weighted by Crippen LogP contribution is 2.05. The number of aromatic nitrogens is 2. The molecule has 0 aliphatic carbocycles. The Morgan fingerprint density at radius 1 is 1.40 bits per heavy atom. The Balaban J connectivity index is 1.90. The second-order valence-electron chi connectivity index (χ2n) is 4.84. The topological polar surface area (TPSA) is 72.9 Å². The van der Waals surface area contributed by atoms with Crippen molar-refractivity contribution in [3.05, 3.63) is 53.9 Å². The van der Waals surface area contributed by atoms with Crippen molar-refractivity contribution < 1.29 is 4.79 Å². The largest absolute Gasteiger partial charge is 0.348 e. The maximum absolute atomic E-state index is 12.1. The van der Waals surface area contributed by atoms with Crippen molar-refractivity contribution in [1.82, 2.24) is 15.1 Å². The minimum atomic E-state index is -0.0658. The van der Waals surface area contributed by atoms with Crippen molar-refractivity contribution in [3.63, 3.8) is 0 Å². The predicted molar refractivity (Wildman–Crippen MR) is 78.4 cm³/mol. The number of amides is 1. The van der Waals surface area contributed by atoms with Crippen LogP contribution < -0.4 is 11.1 Å². The zero-order chi connectivity index (χ0) is 14.4. The summed E-state index contributed by atoms with van der Waals surface area (Å²) in [5, 5.41) is 7.08. The Labute approximate surface area is 118 Å². The minimum absolute atomic E-state index is 0.0196. The molecule has 1 atom stereocenters. The molecule has 0 saturated carbocycles. The van der Waals surface area contributed by atoms with E-state index in [1.807, 2.05) is 43.5 Å². The number of carbonyl (C=O) groups is 1. The van der Waals surface area contributed by atoms with Crippen LogP contribution in [0.3, 0.4) is 0 Å². The average Bonchev–Trinajstić information content (AvgIpc) is 2.92. The smallest absolute Gasteiger partial charge is 0.251 e. The molecule has 3 N–H and O–H groups in total. The molecule has 2 aromatic rings. The monoisotopic (exact) mass is 272 g/mol. The molecular formula is C15H20N4O. The van der Waals surface area contributed by atoms with Gasteiger partial charge in [-0.3, -0.25) is 9.48 Å². The van der Waals surface area contributed by atoms with Gasteiger partial charge in [0.1, 0.15) is 0 Å². The Morgan fingerprint density at radius 3 is 2.75 bits per heavy atom. The number of nitrogens with one attached hydrogen (secondary N) is 1. The number of rotatable bonds is 6. The highest BCUT2D eigenvalue weighted by molar-refractivity contribution is 5.94. The van der Waals surface area contributed by atoms with Crippen LogP contribution in [0.2, 0.25) is 0 Å². The van der Waals surface area contributed by atoms with Crippen LogP contribution in [-0.2, 0) is 13.0 Å². The van der Waals surface area contributed by atoms with E-state index in [1.54, 1.807) is 10.9 Å². The summed E-state index contributed by atoms with van der Waals surface area (Å²) in [5.74, 6) is -0.0658. The summed E-state index contributed by atoms with van der Waals surface area (Å²) >= 11 is 0. The van der Waals surface area contributed by atoms with E-state index in [9.17, 15) is 4.79 Å². The van der Waals surface area contributed by atoms with E-state index in [4.69, 9.17) is 5.73 Å². The normalized spacial score (nSPS) is 12.1. The van der Waals surface area contributed by atoms with Crippen molar-refractivity contribution in [2.24, 2.45) is 5.73 Å². The molecular weight excluding hydrogens is 252 g/mol. The molecule has 2 rings (SSSR count). The zero-order valence-electron chi connectivity index (χ0n) is 11.6. The molecule has 0 aliphatic rings. The van der Waals surface area contributed by atoms with Gasteiger partial charge in [0.15, 0.2) is 0 Å². The van der Waals surface area contributed by atoms with Crippen molar-refractivity contribution in [1.29, 1.82) is 0 Å². The quantitative estimate of drug-likeness (QED) is 0.830. The molecule has 1 heterocycles. The summed E-state index contributed by atoms with van der Waals surface area (Å²) in [6.07, 6.45) is 4.44. The van der Waals surface area contributed by atoms with Gasteiger partial charge in [-0.05, 0) is 43.7 Å². The van der Waals surface area contributed by atoms with Crippen LogP contribution >= 0.6 is 0 Å². The molecule has 1 aromatic heterocycles. The predicted octanol–water partition coefficient (Wildman–Crippen LogP) is 1.20. The molecule has 0 aliphatic heterocycles. The lowest BCUT2D eigenvalue weighted by molar-refractivity contribution is 0.0936. The second-order valence-corrected chi connectivity index (χ2v) is 4.84. The van der Waals surface area contributed by atoms with Crippen LogP contribution in [0.4, 0.5) is 0 Å². The second kappa shape index (κ2) is 6.86. The fourth-order valence-corrected chi connectivity index (χ4v) is 2.03. The van der Waals surface area contributed by atoms with Gasteiger partial charge >= 0.3 is 0 Å². The summed E-state index contributed by atoms with van der Waals surface area (Å²) < 4.78 is 1.80. The summed E-state index contributed by atoms with van der Waals surface area (Å²) in [6, 6.07) is 9.44. The number of nitrogens with two attached hydrogens (primary N) is 1. The molecule has 5 nitrogen and oxygen atoms in total. The van der Waals surface area contributed by atoms with Crippen molar-refractivity contribution in [2.45, 2.75) is 25.9 Å². The minimum Gasteiger partial charge on any atom is -0.348 e. The number of hydrogen-bond acceptors (Lipinski definition) is 3. The summed E-state index contributed by atoms with van der Waals surface area (Å²) in [4.78, 5) is 12.1. The molecule has 0 fully saturated rings. The number of nitrogens with zero attached hydrogens (tertiary/aromatic N) is 2. The van der Waals surface area contributed by atoms with E-state index in [0.29, 0.717) is 18.7 Å². The Hall–Kier alpha value is -2.14. The van der Waals surface area contributed by atoms with Crippen LogP contribution in [0.5, 0.6) is 0 Å². The summed E-state index contributed by atoms with van der Waals surface area (Å²) in [5.41, 5.74) is 7.31. The van der Waals surface area contributed by atoms with Gasteiger partial charge in [-0.1, -0.05) is 12.1 Å². The maximum Gasteiger partial charge on any atom is 0.251 e. The van der Waals surface area contributed by atoms with Crippen LogP contribution in [0.15, 0.2) is 42.7 Å². The maximum atomic E-state index is 12.1. The number of benzene rings is 1. The fourth-order valence-electron chi connectivity index (χ4n) is 2.03. The van der Waals surface area contributed by atoms with Gasteiger partial charge in [0.2, 0.25) is 0 Å². The molecule has 1 unspecified atom stereocenters. The first-order valence-corrected chi connectivity index (χ1v) is 6.76. The SMILES string of the molecule is CC(Cn1cccn1)NC(=O)c1ccc(CCN)cc1. The lowest BCUT2D eigenvalue weighted by Gasteiger charge is -2.14. The van der Waals surface area contributed by atoms with Gasteiger partial charge in [0.05, 0.1) is 6.54 Å². The van der Waals surface area contributed by atoms with Gasteiger partial charge in [0, 0.05) is 24.0 Å². The molecule has 1 aromatic carbocycles. The summed E-state index contributed by atoms with van der Waals surface area (Å²) in [7, 11) is 0. The third-order valence-electron chi connectivity index (χ3n) is 3.05. The zero-order valence-corrected chi connectivity index (χ0v) is 11.6. The van der Waals surface area contributed by atoms with Gasteiger partial charge in [0.25, 0.3) is 5.91 Å². The molecule has 0 spiro atoms. The van der Waals surface area contributed by atoms with Crippen LogP contribution in [-0.4, -0.2) is 28.3 Å². The Kier molecular flexibility index (Phi) is 4.90. The lowest BCUT2D eigenvalue weighted by atomic mass is 10.1. The molecule has 0 saturated heterocycles. The van der Waals surface area contributed by atoms with Gasteiger partial charge in [-0.15, -0.1) is 0 Å². The first kappa shape index (κ1) is 14.3. The van der Waals surface area contributed by atoms with E-state index in [0.717, 1.165) is 12.0 Å². The van der Waals surface area contributed by atoms with Crippen LogP contribution in [0.25, 0.3) is 0 Å². The van der Waals surface area contributed by atoms with E-state index >= 15 is 0 Å². The molecule has 20 heavy (non-hydrogen) atoms. The van der Waals surface area contributed by atoms with Crippen molar-refractivity contribution in [3.8, 4) is 0 Å². The Bertz CT molecular complexity index is 534. The van der Waals surface area contributed by atoms with Gasteiger partial charge in [-0.2, -0.15) is 5.10 Å². The first-order chi connectivity index (χ1) is 9.69. The third-order valence-corrected chi connectivity index (χ3v) is 3.05. The third kappa shape index (κ3) is 3.93. The standard InChI is InChI=1S/C15H20N4O/c1-12(11-19-10-2-9-17-19)18-15(20)14-5-3-13(4-6-14)7-8-16/h2-6,9-10,12H,7-8,11,16H2,1H3,(H,18,20). The number of carbonyl (C=O) groups excluding carboxylic acids is 1. The summed E-state index contributed by atoms with van der Waals surface area (Å²) in [6.45, 7) is 3.23. The molecule has 0 radical (unpaired) electrons. The van der Waals surface area contributed by atoms with Crippen LogP contribution in [0.1, 0.15) is 22.8 Å².